The van der Waals surface area contributed by atoms with Crippen molar-refractivity contribution in [3.63, 3.8) is 0 Å². The topological polar surface area (TPSA) is 96.0 Å². The number of ether oxygens (including phenoxy) is 1. The number of nitrogens with one attached hydrogen (secondary N) is 1. The molecule has 0 heterocycles. The van der Waals surface area contributed by atoms with Crippen LogP contribution in [0, 0.1) is 5.82 Å². The largest absolute Gasteiger partial charge is 0.497 e. The van der Waals surface area contributed by atoms with E-state index < -0.39 is 34.3 Å². The third-order valence-electron chi connectivity index (χ3n) is 7.52. The van der Waals surface area contributed by atoms with Crippen LogP contribution in [0.25, 0.3) is 0 Å². The molecule has 0 spiro atoms. The van der Waals surface area contributed by atoms with Crippen molar-refractivity contribution in [3.05, 3.63) is 88.2 Å². The molecule has 3 aromatic carbocycles. The van der Waals surface area contributed by atoms with Crippen molar-refractivity contribution in [2.45, 2.75) is 62.6 Å². The Bertz CT molecular complexity index is 1530. The molecule has 0 aliphatic heterocycles. The van der Waals surface area contributed by atoms with Gasteiger partial charge < -0.3 is 15.0 Å². The molecule has 1 aliphatic rings. The Morgan fingerprint density at radius 3 is 2.26 bits per heavy atom. The van der Waals surface area contributed by atoms with Crippen LogP contribution in [0.15, 0.2) is 71.6 Å². The van der Waals surface area contributed by atoms with Gasteiger partial charge in [0.2, 0.25) is 11.8 Å². The van der Waals surface area contributed by atoms with Crippen molar-refractivity contribution in [2.75, 3.05) is 18.0 Å². The van der Waals surface area contributed by atoms with Crippen LogP contribution >= 0.6 is 23.2 Å². The van der Waals surface area contributed by atoms with E-state index in [2.05, 4.69) is 5.32 Å². The van der Waals surface area contributed by atoms with Gasteiger partial charge in [-0.05, 0) is 86.0 Å². The highest BCUT2D eigenvalue weighted by Gasteiger charge is 2.33. The fraction of sp³-hybridized carbons (Fsp3) is 0.355. The van der Waals surface area contributed by atoms with Crippen molar-refractivity contribution in [2.24, 2.45) is 0 Å². The second-order valence-corrected chi connectivity index (χ2v) is 13.1. The molecule has 0 saturated heterocycles. The zero-order chi connectivity index (χ0) is 31.1. The van der Waals surface area contributed by atoms with Gasteiger partial charge in [0.1, 0.15) is 24.2 Å². The van der Waals surface area contributed by atoms with Gasteiger partial charge in [0.25, 0.3) is 10.0 Å². The first kappa shape index (κ1) is 32.6. The molecule has 0 aromatic heterocycles. The summed E-state index contributed by atoms with van der Waals surface area (Å²) in [6.07, 6.45) is 4.85. The first-order chi connectivity index (χ1) is 20.5. The standard InChI is InChI=1S/C31H34Cl2FN3O5S/c1-21(31(39)35-25-6-4-3-5-7-25)36(19-22-8-9-23(32)18-29(22)33)30(38)20-37(26-12-10-24(34)11-13-26)43(40,41)28-16-14-27(42-2)15-17-28/h8-18,21,25H,3-7,19-20H2,1-2H3,(H,35,39)/t21-/m0/s1. The Hall–Kier alpha value is -3.34. The van der Waals surface area contributed by atoms with Crippen LogP contribution in [0.5, 0.6) is 5.75 Å². The normalized spacial score (nSPS) is 14.5. The minimum atomic E-state index is -4.31. The van der Waals surface area contributed by atoms with Crippen LogP contribution in [-0.2, 0) is 26.2 Å². The first-order valence-electron chi connectivity index (χ1n) is 14.0. The van der Waals surface area contributed by atoms with Gasteiger partial charge in [0.15, 0.2) is 0 Å². The van der Waals surface area contributed by atoms with Gasteiger partial charge in [0.05, 0.1) is 17.7 Å². The summed E-state index contributed by atoms with van der Waals surface area (Å²) in [6, 6.07) is 14.4. The maximum atomic E-state index is 14.1. The van der Waals surface area contributed by atoms with Crippen molar-refractivity contribution in [3.8, 4) is 5.75 Å². The van der Waals surface area contributed by atoms with E-state index in [-0.39, 0.29) is 29.1 Å². The smallest absolute Gasteiger partial charge is 0.264 e. The number of amides is 2. The molecular weight excluding hydrogens is 616 g/mol. The van der Waals surface area contributed by atoms with Gasteiger partial charge in [-0.2, -0.15) is 0 Å². The van der Waals surface area contributed by atoms with Crippen molar-refractivity contribution in [1.82, 2.24) is 10.2 Å². The predicted octanol–water partition coefficient (Wildman–Crippen LogP) is 6.20. The number of hydrogen-bond donors (Lipinski definition) is 1. The summed E-state index contributed by atoms with van der Waals surface area (Å²) in [5.41, 5.74) is 0.609. The number of halogens is 3. The number of benzene rings is 3. The molecule has 1 N–H and O–H groups in total. The molecule has 230 valence electrons. The van der Waals surface area contributed by atoms with E-state index in [1.165, 1.54) is 54.5 Å². The predicted molar refractivity (Wildman–Crippen MR) is 165 cm³/mol. The third kappa shape index (κ3) is 8.19. The first-order valence-corrected chi connectivity index (χ1v) is 16.2. The van der Waals surface area contributed by atoms with E-state index in [4.69, 9.17) is 27.9 Å². The maximum Gasteiger partial charge on any atom is 0.264 e. The third-order valence-corrected chi connectivity index (χ3v) is 9.89. The van der Waals surface area contributed by atoms with E-state index in [9.17, 15) is 22.4 Å². The molecule has 4 rings (SSSR count). The molecule has 0 radical (unpaired) electrons. The van der Waals surface area contributed by atoms with Crippen molar-refractivity contribution < 1.29 is 27.1 Å². The van der Waals surface area contributed by atoms with Crippen molar-refractivity contribution in [1.29, 1.82) is 0 Å². The van der Waals surface area contributed by atoms with Crippen LogP contribution in [0.1, 0.15) is 44.6 Å². The van der Waals surface area contributed by atoms with Crippen LogP contribution in [0.3, 0.4) is 0 Å². The lowest BCUT2D eigenvalue weighted by molar-refractivity contribution is -0.139. The van der Waals surface area contributed by atoms with E-state index in [0.29, 0.717) is 21.4 Å². The fourth-order valence-corrected chi connectivity index (χ4v) is 6.88. The summed E-state index contributed by atoms with van der Waals surface area (Å²) < 4.78 is 47.7. The molecule has 8 nitrogen and oxygen atoms in total. The summed E-state index contributed by atoms with van der Waals surface area (Å²) in [5, 5.41) is 3.75. The number of rotatable bonds is 11. The van der Waals surface area contributed by atoms with E-state index in [0.717, 1.165) is 48.5 Å². The molecule has 3 aromatic rings. The van der Waals surface area contributed by atoms with Crippen LogP contribution in [0.2, 0.25) is 10.0 Å². The zero-order valence-electron chi connectivity index (χ0n) is 23.9. The second-order valence-electron chi connectivity index (χ2n) is 10.4. The molecule has 1 fully saturated rings. The number of anilines is 1. The Balaban J connectivity index is 1.69. The molecule has 0 bridgehead atoms. The summed E-state index contributed by atoms with van der Waals surface area (Å²) in [4.78, 5) is 28.7. The van der Waals surface area contributed by atoms with Crippen LogP contribution in [0.4, 0.5) is 10.1 Å². The molecule has 0 unspecified atom stereocenters. The quantitative estimate of drug-likeness (QED) is 0.267. The molecule has 12 heteroatoms. The monoisotopic (exact) mass is 649 g/mol. The summed E-state index contributed by atoms with van der Waals surface area (Å²) in [7, 11) is -2.85. The van der Waals surface area contributed by atoms with Crippen LogP contribution < -0.4 is 14.4 Å². The van der Waals surface area contributed by atoms with Gasteiger partial charge >= 0.3 is 0 Å². The molecule has 1 aliphatic carbocycles. The maximum absolute atomic E-state index is 14.1. The average Bonchev–Trinajstić information content (AvgIpc) is 3.00. The molecule has 1 atom stereocenters. The summed E-state index contributed by atoms with van der Waals surface area (Å²) in [5.74, 6) is -1.12. The van der Waals surface area contributed by atoms with Gasteiger partial charge in [-0.1, -0.05) is 48.5 Å². The number of sulfonamides is 1. The highest BCUT2D eigenvalue weighted by molar-refractivity contribution is 7.92. The number of nitrogens with zero attached hydrogens (tertiary/aromatic N) is 2. The van der Waals surface area contributed by atoms with Gasteiger partial charge in [-0.3, -0.25) is 13.9 Å². The zero-order valence-corrected chi connectivity index (χ0v) is 26.3. The molecule has 1 saturated carbocycles. The Morgan fingerprint density at radius 1 is 1.00 bits per heavy atom. The number of carbonyl (C=O) groups excluding carboxylic acids is 2. The lowest BCUT2D eigenvalue weighted by Gasteiger charge is -2.33. The second kappa shape index (κ2) is 14.4. The van der Waals surface area contributed by atoms with Gasteiger partial charge in [-0.25, -0.2) is 12.8 Å². The van der Waals surface area contributed by atoms with E-state index in [1.807, 2.05) is 0 Å². The summed E-state index contributed by atoms with van der Waals surface area (Å²) >= 11 is 12.5. The van der Waals surface area contributed by atoms with Crippen LogP contribution in [-0.4, -0.2) is 50.9 Å². The minimum absolute atomic E-state index is 0.00550. The Labute approximate surface area is 261 Å². The van der Waals surface area contributed by atoms with E-state index in [1.54, 1.807) is 19.1 Å². The SMILES string of the molecule is COc1ccc(S(=O)(=O)N(CC(=O)N(Cc2ccc(Cl)cc2Cl)[C@@H](C)C(=O)NC2CCCCC2)c2ccc(F)cc2)cc1. The molecule has 2 amide bonds. The highest BCUT2D eigenvalue weighted by Crippen LogP contribution is 2.28. The number of hydrogen-bond acceptors (Lipinski definition) is 5. The van der Waals surface area contributed by atoms with Gasteiger partial charge in [-0.15, -0.1) is 0 Å². The van der Waals surface area contributed by atoms with Crippen molar-refractivity contribution >= 4 is 50.7 Å². The van der Waals surface area contributed by atoms with Gasteiger partial charge in [0, 0.05) is 22.6 Å². The summed E-state index contributed by atoms with van der Waals surface area (Å²) in [6.45, 7) is 0.861. The molecule has 43 heavy (non-hydrogen) atoms. The Morgan fingerprint density at radius 2 is 1.65 bits per heavy atom. The fourth-order valence-electron chi connectivity index (χ4n) is 5.00. The van der Waals surface area contributed by atoms with E-state index >= 15 is 0 Å². The number of carbonyl (C=O) groups is 2. The Kier molecular flexibility index (Phi) is 10.9. The lowest BCUT2D eigenvalue weighted by atomic mass is 9.95. The lowest BCUT2D eigenvalue weighted by Crippen LogP contribution is -2.53. The average molecular weight is 651 g/mol. The molecular formula is C31H34Cl2FN3O5S. The highest BCUT2D eigenvalue weighted by atomic mass is 35.5. The number of methoxy groups -OCH3 is 1. The minimum Gasteiger partial charge on any atom is -0.497 e.